The van der Waals surface area contributed by atoms with Crippen LogP contribution in [0.1, 0.15) is 13.3 Å². The number of ether oxygens (including phenoxy) is 1. The molecule has 2 rings (SSSR count). The van der Waals surface area contributed by atoms with E-state index in [1.54, 1.807) is 0 Å². The quantitative estimate of drug-likeness (QED) is 0.843. The first-order valence-electron chi connectivity index (χ1n) is 4.98. The summed E-state index contributed by atoms with van der Waals surface area (Å²) in [5.41, 5.74) is 0.965. The van der Waals surface area contributed by atoms with Crippen molar-refractivity contribution >= 4 is 26.8 Å². The van der Waals surface area contributed by atoms with Gasteiger partial charge < -0.3 is 4.74 Å². The van der Waals surface area contributed by atoms with Gasteiger partial charge >= 0.3 is 0 Å². The van der Waals surface area contributed by atoms with Gasteiger partial charge in [-0.25, -0.2) is 4.98 Å². The van der Waals surface area contributed by atoms with Gasteiger partial charge in [0.15, 0.2) is 0 Å². The van der Waals surface area contributed by atoms with Crippen molar-refractivity contribution in [1.82, 2.24) is 4.98 Å². The summed E-state index contributed by atoms with van der Waals surface area (Å²) < 4.78 is 6.54. The number of aromatic nitrogens is 1. The maximum atomic E-state index is 5.47. The first-order valence-corrected chi connectivity index (χ1v) is 5.78. The van der Waals surface area contributed by atoms with E-state index in [0.717, 1.165) is 28.4 Å². The van der Waals surface area contributed by atoms with Gasteiger partial charge in [-0.1, -0.05) is 22.9 Å². The summed E-state index contributed by atoms with van der Waals surface area (Å²) in [7, 11) is 0. The molecule has 0 saturated heterocycles. The third-order valence-corrected chi connectivity index (χ3v) is 2.57. The Bertz CT molecular complexity index is 470. The van der Waals surface area contributed by atoms with Crippen molar-refractivity contribution in [1.29, 1.82) is 0 Å². The average Bonchev–Trinajstić information content (AvgIpc) is 2.26. The number of fused-ring (bicyclic) bond motifs is 1. The lowest BCUT2D eigenvalue weighted by molar-refractivity contribution is 0.306. The Kier molecular flexibility index (Phi) is 3.21. The monoisotopic (exact) mass is 265 g/mol. The van der Waals surface area contributed by atoms with Crippen LogP contribution in [0.15, 0.2) is 34.8 Å². The van der Waals surface area contributed by atoms with Gasteiger partial charge in [-0.2, -0.15) is 0 Å². The highest BCUT2D eigenvalue weighted by atomic mass is 79.9. The van der Waals surface area contributed by atoms with E-state index in [1.807, 2.05) is 30.3 Å². The molecule has 1 aromatic heterocycles. The molecule has 2 nitrogen and oxygen atoms in total. The number of halogens is 1. The molecule has 0 fully saturated rings. The third kappa shape index (κ3) is 2.48. The molecule has 0 unspecified atom stereocenters. The fourth-order valence-corrected chi connectivity index (χ4v) is 1.74. The molecule has 1 aromatic carbocycles. The van der Waals surface area contributed by atoms with Crippen LogP contribution in [0, 0.1) is 0 Å². The number of hydrogen-bond acceptors (Lipinski definition) is 2. The second-order valence-electron chi connectivity index (χ2n) is 3.33. The Labute approximate surface area is 97.4 Å². The van der Waals surface area contributed by atoms with Gasteiger partial charge in [0.25, 0.3) is 0 Å². The predicted molar refractivity (Wildman–Crippen MR) is 65.2 cm³/mol. The van der Waals surface area contributed by atoms with E-state index in [1.165, 1.54) is 0 Å². The minimum atomic E-state index is 0.701. The molecule has 0 aliphatic rings. The van der Waals surface area contributed by atoms with Crippen LogP contribution in [0.4, 0.5) is 0 Å². The van der Waals surface area contributed by atoms with E-state index >= 15 is 0 Å². The molecule has 0 bridgehead atoms. The van der Waals surface area contributed by atoms with Crippen molar-refractivity contribution < 1.29 is 4.74 Å². The van der Waals surface area contributed by atoms with Crippen molar-refractivity contribution in [2.75, 3.05) is 6.61 Å². The van der Waals surface area contributed by atoms with Gasteiger partial charge in [-0.3, -0.25) is 0 Å². The fraction of sp³-hybridized carbons (Fsp3) is 0.250. The summed E-state index contributed by atoms with van der Waals surface area (Å²) in [5, 5.41) is 1.12. The predicted octanol–water partition coefficient (Wildman–Crippen LogP) is 3.79. The van der Waals surface area contributed by atoms with Crippen molar-refractivity contribution in [2.24, 2.45) is 0 Å². The third-order valence-electron chi connectivity index (χ3n) is 2.08. The molecule has 15 heavy (non-hydrogen) atoms. The molecular weight excluding hydrogens is 254 g/mol. The van der Waals surface area contributed by atoms with Crippen LogP contribution in [-0.4, -0.2) is 11.6 Å². The zero-order valence-electron chi connectivity index (χ0n) is 8.53. The molecule has 1 heterocycles. The maximum absolute atomic E-state index is 5.47. The minimum absolute atomic E-state index is 0.701. The lowest BCUT2D eigenvalue weighted by atomic mass is 10.2. The van der Waals surface area contributed by atoms with E-state index in [2.05, 4.69) is 27.8 Å². The standard InChI is InChI=1S/C12H12BrNO/c1-2-7-15-12-6-3-9-8-10(13)4-5-11(9)14-12/h3-6,8H,2,7H2,1H3. The molecule has 78 valence electrons. The van der Waals surface area contributed by atoms with Crippen molar-refractivity contribution in [3.05, 3.63) is 34.8 Å². The summed E-state index contributed by atoms with van der Waals surface area (Å²) in [6.45, 7) is 2.80. The largest absolute Gasteiger partial charge is 0.478 e. The van der Waals surface area contributed by atoms with E-state index in [4.69, 9.17) is 4.74 Å². The van der Waals surface area contributed by atoms with Crippen molar-refractivity contribution in [3.8, 4) is 5.88 Å². The molecule has 0 saturated carbocycles. The Balaban J connectivity index is 2.34. The van der Waals surface area contributed by atoms with E-state index < -0.39 is 0 Å². The van der Waals surface area contributed by atoms with E-state index in [9.17, 15) is 0 Å². The van der Waals surface area contributed by atoms with Crippen molar-refractivity contribution in [2.45, 2.75) is 13.3 Å². The number of benzene rings is 1. The molecule has 0 atom stereocenters. The van der Waals surface area contributed by atoms with Gasteiger partial charge in [-0.15, -0.1) is 0 Å². The Morgan fingerprint density at radius 1 is 1.27 bits per heavy atom. The molecule has 0 amide bonds. The van der Waals surface area contributed by atoms with Crippen LogP contribution in [-0.2, 0) is 0 Å². The lowest BCUT2D eigenvalue weighted by Crippen LogP contribution is -1.96. The van der Waals surface area contributed by atoms with Crippen LogP contribution >= 0.6 is 15.9 Å². The first-order chi connectivity index (χ1) is 7.29. The fourth-order valence-electron chi connectivity index (χ4n) is 1.36. The molecule has 0 aliphatic carbocycles. The van der Waals surface area contributed by atoms with Gasteiger partial charge in [-0.05, 0) is 30.7 Å². The van der Waals surface area contributed by atoms with Gasteiger partial charge in [0.1, 0.15) is 0 Å². The zero-order chi connectivity index (χ0) is 10.7. The molecule has 0 aliphatic heterocycles. The molecule has 2 aromatic rings. The van der Waals surface area contributed by atoms with Gasteiger partial charge in [0, 0.05) is 15.9 Å². The topological polar surface area (TPSA) is 22.1 Å². The van der Waals surface area contributed by atoms with Crippen LogP contribution < -0.4 is 4.74 Å². The van der Waals surface area contributed by atoms with E-state index in [-0.39, 0.29) is 0 Å². The number of hydrogen-bond donors (Lipinski definition) is 0. The number of pyridine rings is 1. The highest BCUT2D eigenvalue weighted by molar-refractivity contribution is 9.10. The molecule has 0 radical (unpaired) electrons. The minimum Gasteiger partial charge on any atom is -0.478 e. The van der Waals surface area contributed by atoms with Crippen LogP contribution in [0.2, 0.25) is 0 Å². The number of rotatable bonds is 3. The molecule has 0 spiro atoms. The molecule has 3 heteroatoms. The van der Waals surface area contributed by atoms with E-state index in [0.29, 0.717) is 5.88 Å². The normalized spacial score (nSPS) is 10.5. The van der Waals surface area contributed by atoms with Gasteiger partial charge in [0.2, 0.25) is 5.88 Å². The lowest BCUT2D eigenvalue weighted by Gasteiger charge is -2.04. The highest BCUT2D eigenvalue weighted by Gasteiger charge is 1.99. The SMILES string of the molecule is CCCOc1ccc2cc(Br)ccc2n1. The Morgan fingerprint density at radius 2 is 2.13 bits per heavy atom. The molecular formula is C12H12BrNO. The summed E-state index contributed by atoms with van der Waals surface area (Å²) in [4.78, 5) is 4.41. The first kappa shape index (κ1) is 10.4. The molecule has 0 N–H and O–H groups in total. The maximum Gasteiger partial charge on any atom is 0.213 e. The summed E-state index contributed by atoms with van der Waals surface area (Å²) in [6, 6.07) is 9.95. The Hall–Kier alpha value is -1.09. The summed E-state index contributed by atoms with van der Waals surface area (Å²) >= 11 is 3.43. The Morgan fingerprint density at radius 3 is 2.93 bits per heavy atom. The number of nitrogens with zero attached hydrogens (tertiary/aromatic N) is 1. The highest BCUT2D eigenvalue weighted by Crippen LogP contribution is 2.20. The second kappa shape index (κ2) is 4.62. The van der Waals surface area contributed by atoms with Crippen LogP contribution in [0.5, 0.6) is 5.88 Å². The second-order valence-corrected chi connectivity index (χ2v) is 4.25. The van der Waals surface area contributed by atoms with Gasteiger partial charge in [0.05, 0.1) is 12.1 Å². The zero-order valence-corrected chi connectivity index (χ0v) is 10.1. The summed E-state index contributed by atoms with van der Waals surface area (Å²) in [5.74, 6) is 0.701. The average molecular weight is 266 g/mol. The smallest absolute Gasteiger partial charge is 0.213 e. The van der Waals surface area contributed by atoms with Crippen LogP contribution in [0.3, 0.4) is 0 Å². The van der Waals surface area contributed by atoms with Crippen molar-refractivity contribution in [3.63, 3.8) is 0 Å². The van der Waals surface area contributed by atoms with Crippen LogP contribution in [0.25, 0.3) is 10.9 Å². The summed E-state index contributed by atoms with van der Waals surface area (Å²) in [6.07, 6.45) is 1.00.